The molecule has 8 heavy (non-hydrogen) atoms. The summed E-state index contributed by atoms with van der Waals surface area (Å²) in [6, 6.07) is 0. The van der Waals surface area contributed by atoms with E-state index in [1.54, 1.807) is 0 Å². The van der Waals surface area contributed by atoms with Gasteiger partial charge in [-0.05, 0) is 0 Å². The summed E-state index contributed by atoms with van der Waals surface area (Å²) in [5.74, 6) is 1.10. The summed E-state index contributed by atoms with van der Waals surface area (Å²) < 4.78 is 4.83. The van der Waals surface area contributed by atoms with Gasteiger partial charge in [0.25, 0.3) is 0 Å². The van der Waals surface area contributed by atoms with Crippen LogP contribution < -0.4 is 0 Å². The van der Waals surface area contributed by atoms with E-state index >= 15 is 0 Å². The number of carbonyl (C=O) groups is 1. The van der Waals surface area contributed by atoms with Crippen LogP contribution in [0, 0.1) is 0 Å². The number of aliphatic carboxylic acids is 1. The fraction of sp³-hybridized carbons (Fsp3) is 0.750. The van der Waals surface area contributed by atoms with Crippen molar-refractivity contribution >= 4 is 21.3 Å². The van der Waals surface area contributed by atoms with Crippen molar-refractivity contribution in [2.75, 3.05) is 6.61 Å². The van der Waals surface area contributed by atoms with Gasteiger partial charge in [-0.2, -0.15) is 0 Å². The zero-order valence-electron chi connectivity index (χ0n) is 4.59. The number of hydrogen-bond acceptors (Lipinski definition) is 2. The molecule has 0 spiro atoms. The fourth-order valence-corrected chi connectivity index (χ4v) is 0.737. The minimum absolute atomic E-state index is 0.121. The van der Waals surface area contributed by atoms with Gasteiger partial charge < -0.3 is 0 Å². The Morgan fingerprint density at radius 1 is 1.88 bits per heavy atom. The molecule has 0 rings (SSSR count). The van der Waals surface area contributed by atoms with E-state index in [-0.39, 0.29) is 21.7 Å². The first kappa shape index (κ1) is 7.95. The normalized spacial score (nSPS) is 9.12. The van der Waals surface area contributed by atoms with Gasteiger partial charge in [-0.1, -0.05) is 0 Å². The van der Waals surface area contributed by atoms with Crippen LogP contribution in [0.2, 0.25) is 5.82 Å². The van der Waals surface area contributed by atoms with E-state index in [2.05, 4.69) is 0 Å². The van der Waals surface area contributed by atoms with Crippen LogP contribution in [0.15, 0.2) is 0 Å². The molecule has 0 bridgehead atoms. The number of rotatable bonds is 4. The van der Waals surface area contributed by atoms with Crippen LogP contribution in [0.1, 0.15) is 6.42 Å². The third-order valence-corrected chi connectivity index (χ3v) is 1.36. The van der Waals surface area contributed by atoms with Gasteiger partial charge in [0.2, 0.25) is 0 Å². The third kappa shape index (κ3) is 5.95. The zero-order valence-corrected chi connectivity index (χ0v) is 6.30. The Morgan fingerprint density at radius 2 is 2.50 bits per heavy atom. The Morgan fingerprint density at radius 3 is 2.88 bits per heavy atom. The second-order valence-electron chi connectivity index (χ2n) is 1.13. The molecule has 0 aliphatic carbocycles. The topological polar surface area (TPSA) is 46.5 Å². The first-order chi connectivity index (χ1) is 3.77. The second-order valence-corrected chi connectivity index (χ2v) is 2.33. The molecular weight excluding hydrogens is 175 g/mol. The molecule has 0 aromatic carbocycles. The first-order valence-corrected chi connectivity index (χ1v) is 4.56. The van der Waals surface area contributed by atoms with Gasteiger partial charge in [-0.3, -0.25) is 0 Å². The molecule has 48 valence electrons. The van der Waals surface area contributed by atoms with Crippen LogP contribution >= 0.6 is 0 Å². The average molecular weight is 183 g/mol. The molecular formula is C4H8O3Se. The Balaban J connectivity index is 2.82. The number of carboxylic acids is 1. The van der Waals surface area contributed by atoms with Crippen molar-refractivity contribution < 1.29 is 13.7 Å². The molecule has 0 radical (unpaired) electrons. The van der Waals surface area contributed by atoms with Gasteiger partial charge in [-0.15, -0.1) is 0 Å². The summed E-state index contributed by atoms with van der Waals surface area (Å²) >= 11 is 0.148. The SMILES string of the molecule is C[Se]OCCC(=O)O. The van der Waals surface area contributed by atoms with Gasteiger partial charge in [0.05, 0.1) is 0 Å². The second kappa shape index (κ2) is 5.09. The summed E-state index contributed by atoms with van der Waals surface area (Å²) in [7, 11) is 0. The summed E-state index contributed by atoms with van der Waals surface area (Å²) in [5, 5.41) is 8.07. The monoisotopic (exact) mass is 184 g/mol. The molecule has 0 aliphatic rings. The van der Waals surface area contributed by atoms with Crippen LogP contribution in [0.25, 0.3) is 0 Å². The molecule has 0 atom stereocenters. The van der Waals surface area contributed by atoms with Crippen LogP contribution in [-0.4, -0.2) is 33.0 Å². The van der Waals surface area contributed by atoms with Gasteiger partial charge in [0.15, 0.2) is 0 Å². The van der Waals surface area contributed by atoms with Crippen molar-refractivity contribution in [1.29, 1.82) is 0 Å². The predicted octanol–water partition coefficient (Wildman–Crippen LogP) is 0.145. The first-order valence-electron chi connectivity index (χ1n) is 2.14. The molecule has 0 aromatic rings. The van der Waals surface area contributed by atoms with E-state index in [1.165, 1.54) is 0 Å². The molecule has 0 aliphatic heterocycles. The van der Waals surface area contributed by atoms with Gasteiger partial charge in [-0.25, -0.2) is 0 Å². The summed E-state index contributed by atoms with van der Waals surface area (Å²) in [4.78, 5) is 9.80. The summed E-state index contributed by atoms with van der Waals surface area (Å²) in [5.41, 5.74) is 0. The Kier molecular flexibility index (Phi) is 5.06. The summed E-state index contributed by atoms with van der Waals surface area (Å²) in [6.45, 7) is 0.353. The van der Waals surface area contributed by atoms with E-state index < -0.39 is 5.97 Å². The number of hydrogen-bond donors (Lipinski definition) is 1. The molecule has 3 nitrogen and oxygen atoms in total. The van der Waals surface area contributed by atoms with Crippen LogP contribution in [0.4, 0.5) is 0 Å². The van der Waals surface area contributed by atoms with E-state index in [9.17, 15) is 4.79 Å². The van der Waals surface area contributed by atoms with Gasteiger partial charge in [0, 0.05) is 0 Å². The Hall–Kier alpha value is -0.0505. The van der Waals surface area contributed by atoms with Crippen molar-refractivity contribution in [3.05, 3.63) is 0 Å². The standard InChI is InChI=1S/C4H8O3Se/c1-8-7-3-2-4(5)6/h2-3H2,1H3,(H,5,6). The fourth-order valence-electron chi connectivity index (χ4n) is 0.212. The zero-order chi connectivity index (χ0) is 6.41. The Labute approximate surface area is 54.5 Å². The predicted molar refractivity (Wildman–Crippen MR) is 29.8 cm³/mol. The van der Waals surface area contributed by atoms with Crippen molar-refractivity contribution in [1.82, 2.24) is 0 Å². The van der Waals surface area contributed by atoms with E-state index in [0.29, 0.717) is 6.61 Å². The van der Waals surface area contributed by atoms with Crippen LogP contribution in [0.5, 0.6) is 0 Å². The molecule has 4 heteroatoms. The molecule has 0 heterocycles. The van der Waals surface area contributed by atoms with Crippen molar-refractivity contribution in [2.24, 2.45) is 0 Å². The molecule has 1 N–H and O–H groups in total. The van der Waals surface area contributed by atoms with Crippen molar-refractivity contribution in [2.45, 2.75) is 12.2 Å². The molecule has 0 saturated heterocycles. The average Bonchev–Trinajstić information content (AvgIpc) is 1.66. The molecule has 0 fully saturated rings. The van der Waals surface area contributed by atoms with E-state index in [4.69, 9.17) is 8.93 Å². The van der Waals surface area contributed by atoms with Crippen molar-refractivity contribution in [3.63, 3.8) is 0 Å². The minimum atomic E-state index is -0.797. The quantitative estimate of drug-likeness (QED) is 0.498. The van der Waals surface area contributed by atoms with E-state index in [1.807, 2.05) is 5.82 Å². The maximum atomic E-state index is 9.80. The van der Waals surface area contributed by atoms with E-state index in [0.717, 1.165) is 0 Å². The van der Waals surface area contributed by atoms with Crippen LogP contribution in [0.3, 0.4) is 0 Å². The Bertz CT molecular complexity index is 73.7. The third-order valence-electron chi connectivity index (χ3n) is 0.517. The maximum absolute atomic E-state index is 9.80. The van der Waals surface area contributed by atoms with Gasteiger partial charge in [0.1, 0.15) is 0 Å². The molecule has 0 amide bonds. The number of carboxylic acid groups (broad SMARTS) is 1. The van der Waals surface area contributed by atoms with Gasteiger partial charge >= 0.3 is 53.8 Å². The molecule has 0 saturated carbocycles. The van der Waals surface area contributed by atoms with Crippen LogP contribution in [-0.2, 0) is 8.61 Å². The molecule has 0 aromatic heterocycles. The van der Waals surface area contributed by atoms with Crippen molar-refractivity contribution in [3.8, 4) is 0 Å². The summed E-state index contributed by atoms with van der Waals surface area (Å²) in [6.07, 6.45) is 0.121. The molecule has 0 unspecified atom stereocenters.